The molecule has 8 nitrogen and oxygen atoms in total. The zero-order valence-corrected chi connectivity index (χ0v) is 14.4. The Morgan fingerprint density at radius 1 is 1.16 bits per heavy atom. The van der Waals surface area contributed by atoms with Crippen molar-refractivity contribution >= 4 is 29.3 Å². The molecular formula is C17H24N4O4. The average molecular weight is 348 g/mol. The zero-order chi connectivity index (χ0) is 18.8. The molecule has 2 amide bonds. The molecular weight excluding hydrogens is 324 g/mol. The first kappa shape index (κ1) is 20.1. The summed E-state index contributed by atoms with van der Waals surface area (Å²) in [7, 11) is 0. The summed E-state index contributed by atoms with van der Waals surface area (Å²) in [4.78, 5) is 35.0. The van der Waals surface area contributed by atoms with Gasteiger partial charge in [0, 0.05) is 30.1 Å². The van der Waals surface area contributed by atoms with E-state index in [4.69, 9.17) is 15.9 Å². The lowest BCUT2D eigenvalue weighted by atomic mass is 10.2. The fraction of sp³-hybridized carbons (Fsp3) is 0.412. The molecule has 1 rings (SSSR count). The van der Waals surface area contributed by atoms with E-state index in [1.807, 2.05) is 0 Å². The monoisotopic (exact) mass is 348 g/mol. The predicted molar refractivity (Wildman–Crippen MR) is 94.2 cm³/mol. The van der Waals surface area contributed by atoms with Gasteiger partial charge in [0.05, 0.1) is 13.0 Å². The number of amidine groups is 1. The van der Waals surface area contributed by atoms with Crippen LogP contribution in [0.15, 0.2) is 24.3 Å². The molecule has 0 fully saturated rings. The normalized spacial score (nSPS) is 11.3. The molecule has 0 aliphatic carbocycles. The minimum Gasteiger partial charge on any atom is -0.466 e. The van der Waals surface area contributed by atoms with Crippen LogP contribution < -0.4 is 16.4 Å². The quantitative estimate of drug-likeness (QED) is 0.302. The SMILES string of the molecule is CCOC(=O)C[C@@H](C)NC(=O)CCC(=O)Nc1ccc(C(=N)N)cc1. The van der Waals surface area contributed by atoms with Crippen molar-refractivity contribution in [2.24, 2.45) is 5.73 Å². The maximum atomic E-state index is 11.9. The molecule has 0 radical (unpaired) electrons. The molecule has 0 heterocycles. The third-order valence-electron chi connectivity index (χ3n) is 3.24. The second-order valence-electron chi connectivity index (χ2n) is 5.52. The maximum absolute atomic E-state index is 11.9. The minimum absolute atomic E-state index is 0.0184. The number of nitrogen functional groups attached to an aromatic ring is 1. The number of esters is 1. The fourth-order valence-corrected chi connectivity index (χ4v) is 2.05. The lowest BCUT2D eigenvalue weighted by molar-refractivity contribution is -0.143. The maximum Gasteiger partial charge on any atom is 0.307 e. The Bertz CT molecular complexity index is 628. The highest BCUT2D eigenvalue weighted by molar-refractivity contribution is 5.96. The van der Waals surface area contributed by atoms with Gasteiger partial charge in [-0.3, -0.25) is 19.8 Å². The largest absolute Gasteiger partial charge is 0.466 e. The molecule has 8 heteroatoms. The zero-order valence-electron chi connectivity index (χ0n) is 14.4. The molecule has 1 aromatic rings. The van der Waals surface area contributed by atoms with Crippen LogP contribution in [0.2, 0.25) is 0 Å². The molecule has 0 aliphatic heterocycles. The summed E-state index contributed by atoms with van der Waals surface area (Å²) in [5.74, 6) is -1.03. The number of anilines is 1. The second-order valence-corrected chi connectivity index (χ2v) is 5.52. The van der Waals surface area contributed by atoms with Crippen molar-refractivity contribution in [1.82, 2.24) is 5.32 Å². The van der Waals surface area contributed by atoms with Gasteiger partial charge >= 0.3 is 5.97 Å². The van der Waals surface area contributed by atoms with Gasteiger partial charge in [0.2, 0.25) is 11.8 Å². The standard InChI is InChI=1S/C17H24N4O4/c1-3-25-16(24)10-11(2)20-14(22)8-9-15(23)21-13-6-4-12(5-7-13)17(18)19/h4-7,11H,3,8-10H2,1-2H3,(H3,18,19)(H,20,22)(H,21,23)/t11-/m1/s1. The lowest BCUT2D eigenvalue weighted by Gasteiger charge is -2.13. The summed E-state index contributed by atoms with van der Waals surface area (Å²) in [6.07, 6.45) is 0.130. The Morgan fingerprint density at radius 3 is 2.32 bits per heavy atom. The Hall–Kier alpha value is -2.90. The number of hydrogen-bond acceptors (Lipinski definition) is 5. The molecule has 0 saturated heterocycles. The van der Waals surface area contributed by atoms with E-state index in [9.17, 15) is 14.4 Å². The molecule has 136 valence electrons. The molecule has 0 aromatic heterocycles. The number of amides is 2. The Balaban J connectivity index is 2.34. The number of carbonyl (C=O) groups excluding carboxylic acids is 3. The topological polar surface area (TPSA) is 134 Å². The van der Waals surface area contributed by atoms with Crippen molar-refractivity contribution in [3.8, 4) is 0 Å². The van der Waals surface area contributed by atoms with E-state index in [1.165, 1.54) is 0 Å². The van der Waals surface area contributed by atoms with Crippen molar-refractivity contribution in [2.75, 3.05) is 11.9 Å². The van der Waals surface area contributed by atoms with E-state index in [0.29, 0.717) is 17.9 Å². The second kappa shape index (κ2) is 10.1. The predicted octanol–water partition coefficient (Wildman–Crippen LogP) is 1.15. The van der Waals surface area contributed by atoms with Crippen molar-refractivity contribution in [3.05, 3.63) is 29.8 Å². The van der Waals surface area contributed by atoms with E-state index in [2.05, 4.69) is 10.6 Å². The van der Waals surface area contributed by atoms with E-state index in [1.54, 1.807) is 38.1 Å². The van der Waals surface area contributed by atoms with Crippen LogP contribution in [-0.4, -0.2) is 36.3 Å². The summed E-state index contributed by atoms with van der Waals surface area (Å²) in [5.41, 5.74) is 6.48. The van der Waals surface area contributed by atoms with Gasteiger partial charge in [-0.25, -0.2) is 0 Å². The van der Waals surface area contributed by atoms with E-state index < -0.39 is 0 Å². The third kappa shape index (κ3) is 7.96. The highest BCUT2D eigenvalue weighted by Crippen LogP contribution is 2.10. The summed E-state index contributed by atoms with van der Waals surface area (Å²) in [6.45, 7) is 3.71. The van der Waals surface area contributed by atoms with Crippen molar-refractivity contribution in [2.45, 2.75) is 39.2 Å². The number of rotatable bonds is 9. The first-order valence-electron chi connectivity index (χ1n) is 8.01. The van der Waals surface area contributed by atoms with Crippen LogP contribution in [0.1, 0.15) is 38.7 Å². The first-order chi connectivity index (χ1) is 11.8. The van der Waals surface area contributed by atoms with Crippen molar-refractivity contribution in [3.63, 3.8) is 0 Å². The van der Waals surface area contributed by atoms with Gasteiger partial charge in [-0.2, -0.15) is 0 Å². The van der Waals surface area contributed by atoms with Gasteiger partial charge in [0.15, 0.2) is 0 Å². The summed E-state index contributed by atoms with van der Waals surface area (Å²) in [6, 6.07) is 6.17. The molecule has 0 aliphatic rings. The number of ether oxygens (including phenoxy) is 1. The van der Waals surface area contributed by atoms with Gasteiger partial charge < -0.3 is 21.1 Å². The molecule has 0 bridgehead atoms. The molecule has 1 atom stereocenters. The first-order valence-corrected chi connectivity index (χ1v) is 8.01. The van der Waals surface area contributed by atoms with Crippen LogP contribution >= 0.6 is 0 Å². The van der Waals surface area contributed by atoms with Gasteiger partial charge in [-0.05, 0) is 38.1 Å². The van der Waals surface area contributed by atoms with Gasteiger partial charge in [-0.15, -0.1) is 0 Å². The van der Waals surface area contributed by atoms with E-state index in [0.717, 1.165) is 0 Å². The molecule has 1 aromatic carbocycles. The number of hydrogen-bond donors (Lipinski definition) is 4. The number of nitrogens with one attached hydrogen (secondary N) is 3. The smallest absolute Gasteiger partial charge is 0.307 e. The Morgan fingerprint density at radius 2 is 1.76 bits per heavy atom. The molecule has 25 heavy (non-hydrogen) atoms. The highest BCUT2D eigenvalue weighted by Gasteiger charge is 2.13. The van der Waals surface area contributed by atoms with Crippen molar-refractivity contribution < 1.29 is 19.1 Å². The van der Waals surface area contributed by atoms with Crippen LogP contribution in [-0.2, 0) is 19.1 Å². The summed E-state index contributed by atoms with van der Waals surface area (Å²) in [5, 5.41) is 12.6. The fourth-order valence-electron chi connectivity index (χ4n) is 2.05. The Labute approximate surface area is 146 Å². The van der Waals surface area contributed by atoms with E-state index in [-0.39, 0.29) is 48.9 Å². The number of carbonyl (C=O) groups is 3. The summed E-state index contributed by atoms with van der Waals surface area (Å²) < 4.78 is 4.81. The van der Waals surface area contributed by atoms with Gasteiger partial charge in [0.25, 0.3) is 0 Å². The number of benzene rings is 1. The lowest BCUT2D eigenvalue weighted by Crippen LogP contribution is -2.35. The van der Waals surface area contributed by atoms with Crippen LogP contribution in [0.4, 0.5) is 5.69 Å². The molecule has 5 N–H and O–H groups in total. The van der Waals surface area contributed by atoms with Gasteiger partial charge in [0.1, 0.15) is 5.84 Å². The average Bonchev–Trinajstić information content (AvgIpc) is 2.53. The van der Waals surface area contributed by atoms with Crippen molar-refractivity contribution in [1.29, 1.82) is 5.41 Å². The highest BCUT2D eigenvalue weighted by atomic mass is 16.5. The van der Waals surface area contributed by atoms with E-state index >= 15 is 0 Å². The minimum atomic E-state index is -0.373. The third-order valence-corrected chi connectivity index (χ3v) is 3.24. The Kier molecular flexibility index (Phi) is 8.11. The molecule has 0 spiro atoms. The van der Waals surface area contributed by atoms with Gasteiger partial charge in [-0.1, -0.05) is 0 Å². The summed E-state index contributed by atoms with van der Waals surface area (Å²) >= 11 is 0. The molecule has 0 unspecified atom stereocenters. The number of nitrogens with two attached hydrogens (primary N) is 1. The molecule has 0 saturated carbocycles. The van der Waals surface area contributed by atoms with Crippen LogP contribution in [0.25, 0.3) is 0 Å². The van der Waals surface area contributed by atoms with Crippen LogP contribution in [0.5, 0.6) is 0 Å². The van der Waals surface area contributed by atoms with Crippen LogP contribution in [0, 0.1) is 5.41 Å². The van der Waals surface area contributed by atoms with Crippen LogP contribution in [0.3, 0.4) is 0 Å².